The van der Waals surface area contributed by atoms with Crippen molar-refractivity contribution in [2.24, 2.45) is 11.8 Å². The highest BCUT2D eigenvalue weighted by Gasteiger charge is 2.23. The third-order valence-corrected chi connectivity index (χ3v) is 3.07. The van der Waals surface area contributed by atoms with Crippen LogP contribution in [-0.2, 0) is 4.79 Å². The summed E-state index contributed by atoms with van der Waals surface area (Å²) in [7, 11) is 0. The first-order valence-electron chi connectivity index (χ1n) is 5.33. The average Bonchev–Trinajstić information content (AvgIpc) is 2.15. The fraction of sp³-hybridized carbons (Fsp3) is 0.909. The maximum Gasteiger partial charge on any atom is 0.123 e. The normalized spacial score (nSPS) is 30.1. The molecule has 0 aliphatic heterocycles. The molecule has 0 aromatic carbocycles. The van der Waals surface area contributed by atoms with Crippen LogP contribution in [0.15, 0.2) is 0 Å². The van der Waals surface area contributed by atoms with E-state index in [0.29, 0.717) is 5.92 Å². The smallest absolute Gasteiger partial charge is 0.123 e. The van der Waals surface area contributed by atoms with E-state index < -0.39 is 0 Å². The summed E-state index contributed by atoms with van der Waals surface area (Å²) in [6.45, 7) is 2.22. The number of carbonyl (C=O) groups excluding carboxylic acids is 1. The Morgan fingerprint density at radius 3 is 2.75 bits per heavy atom. The van der Waals surface area contributed by atoms with Crippen LogP contribution in [0.2, 0.25) is 0 Å². The summed E-state index contributed by atoms with van der Waals surface area (Å²) in [6, 6.07) is 0. The molecule has 70 valence electrons. The molecule has 0 amide bonds. The number of unbranched alkanes of at least 4 members (excludes halogenated alkanes) is 1. The molecule has 0 spiro atoms. The molecule has 0 heterocycles. The van der Waals surface area contributed by atoms with Crippen molar-refractivity contribution >= 4 is 6.29 Å². The minimum absolute atomic E-state index is 0.394. The third kappa shape index (κ3) is 2.62. The predicted octanol–water partition coefficient (Wildman–Crippen LogP) is 3.18. The van der Waals surface area contributed by atoms with Crippen LogP contribution >= 0.6 is 0 Å². The van der Waals surface area contributed by atoms with Gasteiger partial charge in [-0.05, 0) is 25.2 Å². The van der Waals surface area contributed by atoms with Crippen molar-refractivity contribution in [3.63, 3.8) is 0 Å². The topological polar surface area (TPSA) is 17.1 Å². The van der Waals surface area contributed by atoms with Crippen molar-refractivity contribution in [1.29, 1.82) is 0 Å². The largest absolute Gasteiger partial charge is 0.303 e. The Balaban J connectivity index is 2.31. The second kappa shape index (κ2) is 5.34. The van der Waals surface area contributed by atoms with Crippen LogP contribution in [0.1, 0.15) is 51.9 Å². The van der Waals surface area contributed by atoms with Crippen LogP contribution in [-0.4, -0.2) is 6.29 Å². The van der Waals surface area contributed by atoms with Crippen molar-refractivity contribution in [3.05, 3.63) is 0 Å². The van der Waals surface area contributed by atoms with Gasteiger partial charge in [0.25, 0.3) is 0 Å². The van der Waals surface area contributed by atoms with E-state index in [0.717, 1.165) is 12.3 Å². The molecule has 1 heteroatoms. The van der Waals surface area contributed by atoms with Crippen LogP contribution in [0.5, 0.6) is 0 Å². The highest BCUT2D eigenvalue weighted by molar-refractivity contribution is 5.54. The molecule has 1 saturated carbocycles. The molecule has 0 radical (unpaired) electrons. The SMILES string of the molecule is CCCCC1CCCCC1C=O. The zero-order chi connectivity index (χ0) is 8.81. The van der Waals surface area contributed by atoms with E-state index in [1.54, 1.807) is 0 Å². The van der Waals surface area contributed by atoms with Crippen molar-refractivity contribution < 1.29 is 4.79 Å². The Kier molecular flexibility index (Phi) is 4.34. The maximum atomic E-state index is 10.7. The highest BCUT2D eigenvalue weighted by Crippen LogP contribution is 2.31. The van der Waals surface area contributed by atoms with Crippen LogP contribution < -0.4 is 0 Å². The van der Waals surface area contributed by atoms with Gasteiger partial charge >= 0.3 is 0 Å². The summed E-state index contributed by atoms with van der Waals surface area (Å²) in [5, 5.41) is 0. The Bertz CT molecular complexity index is 131. The molecule has 1 nitrogen and oxygen atoms in total. The van der Waals surface area contributed by atoms with Gasteiger partial charge in [0.15, 0.2) is 0 Å². The van der Waals surface area contributed by atoms with Gasteiger partial charge in [0.05, 0.1) is 0 Å². The molecule has 0 saturated heterocycles. The molecule has 0 N–H and O–H groups in total. The van der Waals surface area contributed by atoms with E-state index >= 15 is 0 Å². The average molecular weight is 168 g/mol. The lowest BCUT2D eigenvalue weighted by Gasteiger charge is -2.27. The Labute approximate surface area is 75.5 Å². The van der Waals surface area contributed by atoms with Gasteiger partial charge in [0.2, 0.25) is 0 Å². The fourth-order valence-electron chi connectivity index (χ4n) is 2.24. The Hall–Kier alpha value is -0.330. The molecule has 0 aromatic rings. The zero-order valence-corrected chi connectivity index (χ0v) is 8.09. The summed E-state index contributed by atoms with van der Waals surface area (Å²) in [5.41, 5.74) is 0. The van der Waals surface area contributed by atoms with Crippen molar-refractivity contribution in [3.8, 4) is 0 Å². The maximum absolute atomic E-state index is 10.7. The second-order valence-corrected chi connectivity index (χ2v) is 3.99. The lowest BCUT2D eigenvalue weighted by molar-refractivity contribution is -0.113. The van der Waals surface area contributed by atoms with Crippen molar-refractivity contribution in [2.75, 3.05) is 0 Å². The van der Waals surface area contributed by atoms with E-state index in [9.17, 15) is 4.79 Å². The quantitative estimate of drug-likeness (QED) is 0.589. The number of aldehydes is 1. The summed E-state index contributed by atoms with van der Waals surface area (Å²) < 4.78 is 0. The molecular weight excluding hydrogens is 148 g/mol. The van der Waals surface area contributed by atoms with Gasteiger partial charge < -0.3 is 4.79 Å². The zero-order valence-electron chi connectivity index (χ0n) is 8.09. The first-order valence-corrected chi connectivity index (χ1v) is 5.33. The molecule has 1 rings (SSSR count). The number of rotatable bonds is 4. The predicted molar refractivity (Wildman–Crippen MR) is 51.0 cm³/mol. The van der Waals surface area contributed by atoms with Gasteiger partial charge in [0, 0.05) is 5.92 Å². The summed E-state index contributed by atoms with van der Waals surface area (Å²) >= 11 is 0. The summed E-state index contributed by atoms with van der Waals surface area (Å²) in [4.78, 5) is 10.7. The van der Waals surface area contributed by atoms with Crippen LogP contribution in [0.3, 0.4) is 0 Å². The number of hydrogen-bond acceptors (Lipinski definition) is 1. The first-order chi connectivity index (χ1) is 5.88. The van der Waals surface area contributed by atoms with Gasteiger partial charge in [-0.15, -0.1) is 0 Å². The third-order valence-electron chi connectivity index (χ3n) is 3.07. The van der Waals surface area contributed by atoms with Gasteiger partial charge in [-0.25, -0.2) is 0 Å². The van der Waals surface area contributed by atoms with Gasteiger partial charge in [-0.1, -0.05) is 32.6 Å². The Morgan fingerprint density at radius 1 is 1.33 bits per heavy atom. The first kappa shape index (κ1) is 9.76. The van der Waals surface area contributed by atoms with Crippen molar-refractivity contribution in [2.45, 2.75) is 51.9 Å². The van der Waals surface area contributed by atoms with E-state index in [4.69, 9.17) is 0 Å². The molecule has 12 heavy (non-hydrogen) atoms. The fourth-order valence-corrected chi connectivity index (χ4v) is 2.24. The lowest BCUT2D eigenvalue weighted by atomic mass is 9.77. The standard InChI is InChI=1S/C11H20O/c1-2-3-6-10-7-4-5-8-11(10)9-12/h9-11H,2-8H2,1H3. The van der Waals surface area contributed by atoms with E-state index in [2.05, 4.69) is 6.92 Å². The molecule has 0 bridgehead atoms. The number of carbonyl (C=O) groups is 1. The summed E-state index contributed by atoms with van der Waals surface area (Å²) in [6.07, 6.45) is 10.1. The molecule has 2 atom stereocenters. The lowest BCUT2D eigenvalue weighted by Crippen LogP contribution is -2.20. The number of hydrogen-bond donors (Lipinski definition) is 0. The van der Waals surface area contributed by atoms with E-state index in [1.165, 1.54) is 44.8 Å². The van der Waals surface area contributed by atoms with Crippen LogP contribution in [0.25, 0.3) is 0 Å². The molecule has 1 aliphatic carbocycles. The van der Waals surface area contributed by atoms with E-state index in [-0.39, 0.29) is 0 Å². The second-order valence-electron chi connectivity index (χ2n) is 3.99. The van der Waals surface area contributed by atoms with Crippen LogP contribution in [0.4, 0.5) is 0 Å². The monoisotopic (exact) mass is 168 g/mol. The minimum Gasteiger partial charge on any atom is -0.303 e. The van der Waals surface area contributed by atoms with Gasteiger partial charge in [-0.3, -0.25) is 0 Å². The van der Waals surface area contributed by atoms with Gasteiger partial charge in [-0.2, -0.15) is 0 Å². The molecule has 0 aromatic heterocycles. The Morgan fingerprint density at radius 2 is 2.08 bits per heavy atom. The molecule has 1 fully saturated rings. The molecule has 1 aliphatic rings. The molecule has 2 unspecified atom stereocenters. The highest BCUT2D eigenvalue weighted by atomic mass is 16.1. The minimum atomic E-state index is 0.394. The van der Waals surface area contributed by atoms with Gasteiger partial charge in [0.1, 0.15) is 6.29 Å². The molecular formula is C11H20O. The summed E-state index contributed by atoms with van der Waals surface area (Å²) in [5.74, 6) is 1.11. The van der Waals surface area contributed by atoms with Crippen LogP contribution in [0, 0.1) is 11.8 Å². The van der Waals surface area contributed by atoms with Crippen molar-refractivity contribution in [1.82, 2.24) is 0 Å². The van der Waals surface area contributed by atoms with E-state index in [1.807, 2.05) is 0 Å².